The zero-order valence-electron chi connectivity index (χ0n) is 17.8. The fourth-order valence-electron chi connectivity index (χ4n) is 5.05. The minimum absolute atomic E-state index is 0.187. The number of nitrogens with zero attached hydrogens (tertiary/aromatic N) is 2. The summed E-state index contributed by atoms with van der Waals surface area (Å²) in [5.41, 5.74) is 7.88. The summed E-state index contributed by atoms with van der Waals surface area (Å²) in [6.07, 6.45) is 10.1. The van der Waals surface area contributed by atoms with Gasteiger partial charge in [0.25, 0.3) is 0 Å². The van der Waals surface area contributed by atoms with E-state index in [1.807, 2.05) is 12.3 Å². The summed E-state index contributed by atoms with van der Waals surface area (Å²) in [5.74, 6) is 0.819. The standard InChI is InChI=1S/C23H35N5O2/c24-18-3-1-16(2-4-18)13-25-14-17-9-11-28(12-10-17)19-5-7-21(26-15-19)20-6-8-22(29)27-23(20)30/h5,7,15-18,20,25H,1-4,6,8-14,24H2,(H,27,29,30). The number of aromatic nitrogens is 1. The second kappa shape index (κ2) is 9.88. The number of anilines is 1. The SMILES string of the molecule is NC1CCC(CNCC2CCN(c3ccc(C4CCC(=O)NC4=O)nc3)CC2)CC1. The Labute approximate surface area is 179 Å². The molecule has 1 unspecified atom stereocenters. The van der Waals surface area contributed by atoms with Crippen molar-refractivity contribution in [3.8, 4) is 0 Å². The lowest BCUT2D eigenvalue weighted by molar-refractivity contribution is -0.134. The van der Waals surface area contributed by atoms with E-state index in [4.69, 9.17) is 5.73 Å². The van der Waals surface area contributed by atoms with Crippen molar-refractivity contribution >= 4 is 17.5 Å². The van der Waals surface area contributed by atoms with Crippen LogP contribution in [-0.2, 0) is 9.59 Å². The van der Waals surface area contributed by atoms with E-state index < -0.39 is 0 Å². The number of hydrogen-bond donors (Lipinski definition) is 3. The van der Waals surface area contributed by atoms with E-state index in [2.05, 4.69) is 26.6 Å². The van der Waals surface area contributed by atoms with Crippen molar-refractivity contribution in [2.24, 2.45) is 17.6 Å². The van der Waals surface area contributed by atoms with Crippen LogP contribution in [0.1, 0.15) is 63.0 Å². The van der Waals surface area contributed by atoms with Crippen LogP contribution in [0.25, 0.3) is 0 Å². The number of amides is 2. The Balaban J connectivity index is 1.19. The molecule has 30 heavy (non-hydrogen) atoms. The summed E-state index contributed by atoms with van der Waals surface area (Å²) < 4.78 is 0. The Bertz CT molecular complexity index is 722. The molecule has 2 amide bonds. The second-order valence-corrected chi connectivity index (χ2v) is 9.31. The number of nitrogens with two attached hydrogens (primary N) is 1. The third-order valence-corrected chi connectivity index (χ3v) is 7.10. The molecule has 1 aromatic heterocycles. The molecule has 1 atom stereocenters. The number of hydrogen-bond acceptors (Lipinski definition) is 6. The number of pyridine rings is 1. The minimum Gasteiger partial charge on any atom is -0.370 e. The van der Waals surface area contributed by atoms with Gasteiger partial charge in [-0.25, -0.2) is 0 Å². The van der Waals surface area contributed by atoms with Crippen molar-refractivity contribution in [2.45, 2.75) is 63.3 Å². The fraction of sp³-hybridized carbons (Fsp3) is 0.696. The molecule has 0 aromatic carbocycles. The zero-order valence-corrected chi connectivity index (χ0v) is 17.8. The largest absolute Gasteiger partial charge is 0.370 e. The van der Waals surface area contributed by atoms with E-state index in [-0.39, 0.29) is 17.7 Å². The molecule has 0 spiro atoms. The van der Waals surface area contributed by atoms with Crippen LogP contribution in [0.15, 0.2) is 18.3 Å². The first-order valence-corrected chi connectivity index (χ1v) is 11.6. The van der Waals surface area contributed by atoms with Crippen molar-refractivity contribution in [3.63, 3.8) is 0 Å². The van der Waals surface area contributed by atoms with Gasteiger partial charge in [0.1, 0.15) is 0 Å². The van der Waals surface area contributed by atoms with Gasteiger partial charge in [0.05, 0.1) is 23.5 Å². The first-order chi connectivity index (χ1) is 14.6. The highest BCUT2D eigenvalue weighted by Crippen LogP contribution is 2.27. The van der Waals surface area contributed by atoms with Gasteiger partial charge < -0.3 is 16.0 Å². The summed E-state index contributed by atoms with van der Waals surface area (Å²) in [7, 11) is 0. The van der Waals surface area contributed by atoms with Gasteiger partial charge in [0.15, 0.2) is 0 Å². The second-order valence-electron chi connectivity index (χ2n) is 9.31. The maximum Gasteiger partial charge on any atom is 0.235 e. The molecule has 2 aliphatic heterocycles. The Kier molecular flexibility index (Phi) is 7.00. The molecule has 1 saturated carbocycles. The van der Waals surface area contributed by atoms with Crippen molar-refractivity contribution in [2.75, 3.05) is 31.1 Å². The van der Waals surface area contributed by atoms with Crippen molar-refractivity contribution in [1.29, 1.82) is 0 Å². The highest BCUT2D eigenvalue weighted by Gasteiger charge is 2.29. The third-order valence-electron chi connectivity index (χ3n) is 7.10. The molecular weight excluding hydrogens is 378 g/mol. The maximum absolute atomic E-state index is 12.0. The molecule has 4 rings (SSSR count). The summed E-state index contributed by atoms with van der Waals surface area (Å²) in [4.78, 5) is 30.3. The topological polar surface area (TPSA) is 100 Å². The van der Waals surface area contributed by atoms with Crippen molar-refractivity contribution < 1.29 is 9.59 Å². The Morgan fingerprint density at radius 1 is 1.00 bits per heavy atom. The number of imide groups is 1. The zero-order chi connectivity index (χ0) is 20.9. The molecule has 164 valence electrons. The third kappa shape index (κ3) is 5.38. The van der Waals surface area contributed by atoms with Gasteiger partial charge in [-0.1, -0.05) is 0 Å². The van der Waals surface area contributed by atoms with Crippen LogP contribution in [0.3, 0.4) is 0 Å². The number of rotatable bonds is 6. The van der Waals surface area contributed by atoms with E-state index >= 15 is 0 Å². The van der Waals surface area contributed by atoms with Crippen LogP contribution in [0, 0.1) is 11.8 Å². The Morgan fingerprint density at radius 3 is 2.33 bits per heavy atom. The lowest BCUT2D eigenvalue weighted by Gasteiger charge is -2.34. The van der Waals surface area contributed by atoms with Gasteiger partial charge in [0.2, 0.25) is 11.8 Å². The highest BCUT2D eigenvalue weighted by molar-refractivity contribution is 6.00. The van der Waals surface area contributed by atoms with Gasteiger partial charge >= 0.3 is 0 Å². The van der Waals surface area contributed by atoms with Crippen LogP contribution in [0.5, 0.6) is 0 Å². The molecule has 3 heterocycles. The average molecular weight is 414 g/mol. The summed E-state index contributed by atoms with van der Waals surface area (Å²) in [6.45, 7) is 4.34. The molecule has 3 fully saturated rings. The quantitative estimate of drug-likeness (QED) is 0.616. The van der Waals surface area contributed by atoms with Gasteiger partial charge in [-0.3, -0.25) is 19.9 Å². The Morgan fingerprint density at radius 2 is 1.70 bits per heavy atom. The molecule has 0 bridgehead atoms. The smallest absolute Gasteiger partial charge is 0.235 e. The number of carbonyl (C=O) groups is 2. The lowest BCUT2D eigenvalue weighted by Crippen LogP contribution is -2.40. The molecule has 3 aliphatic rings. The van der Waals surface area contributed by atoms with Crippen LogP contribution in [0.2, 0.25) is 0 Å². The number of carbonyl (C=O) groups excluding carboxylic acids is 2. The maximum atomic E-state index is 12.0. The molecule has 1 aromatic rings. The van der Waals surface area contributed by atoms with Crippen LogP contribution < -0.4 is 21.3 Å². The molecular formula is C23H35N5O2. The van der Waals surface area contributed by atoms with Crippen LogP contribution >= 0.6 is 0 Å². The molecule has 0 radical (unpaired) electrons. The van der Waals surface area contributed by atoms with E-state index in [1.54, 1.807) is 0 Å². The summed E-state index contributed by atoms with van der Waals surface area (Å²) in [5, 5.41) is 6.12. The monoisotopic (exact) mass is 413 g/mol. The van der Waals surface area contributed by atoms with Crippen molar-refractivity contribution in [1.82, 2.24) is 15.6 Å². The Hall–Kier alpha value is -1.99. The summed E-state index contributed by atoms with van der Waals surface area (Å²) >= 11 is 0. The first-order valence-electron chi connectivity index (χ1n) is 11.6. The first kappa shape index (κ1) is 21.2. The predicted octanol–water partition coefficient (Wildman–Crippen LogP) is 1.93. The normalized spacial score (nSPS) is 28.4. The molecule has 1 aliphatic carbocycles. The molecule has 7 heteroatoms. The van der Waals surface area contributed by atoms with Gasteiger partial charge in [-0.15, -0.1) is 0 Å². The highest BCUT2D eigenvalue weighted by atomic mass is 16.2. The van der Waals surface area contributed by atoms with E-state index in [1.165, 1.54) is 38.5 Å². The van der Waals surface area contributed by atoms with Gasteiger partial charge in [-0.05, 0) is 82.0 Å². The minimum atomic E-state index is -0.312. The van der Waals surface area contributed by atoms with Gasteiger partial charge in [0, 0.05) is 25.6 Å². The summed E-state index contributed by atoms with van der Waals surface area (Å²) in [6, 6.07) is 4.44. The lowest BCUT2D eigenvalue weighted by atomic mass is 9.86. The van der Waals surface area contributed by atoms with E-state index in [0.717, 1.165) is 49.4 Å². The number of nitrogens with one attached hydrogen (secondary N) is 2. The van der Waals surface area contributed by atoms with E-state index in [0.29, 0.717) is 18.9 Å². The van der Waals surface area contributed by atoms with Crippen LogP contribution in [0.4, 0.5) is 5.69 Å². The molecule has 7 nitrogen and oxygen atoms in total. The fourth-order valence-corrected chi connectivity index (χ4v) is 5.05. The van der Waals surface area contributed by atoms with E-state index in [9.17, 15) is 9.59 Å². The van der Waals surface area contributed by atoms with Crippen molar-refractivity contribution in [3.05, 3.63) is 24.0 Å². The molecule has 2 saturated heterocycles. The van der Waals surface area contributed by atoms with Crippen LogP contribution in [-0.4, -0.2) is 49.0 Å². The average Bonchev–Trinajstić information content (AvgIpc) is 2.76. The van der Waals surface area contributed by atoms with Gasteiger partial charge in [-0.2, -0.15) is 0 Å². The predicted molar refractivity (Wildman–Crippen MR) is 117 cm³/mol. The molecule has 4 N–H and O–H groups in total. The number of piperidine rings is 2.